The Labute approximate surface area is 145 Å². The topological polar surface area (TPSA) is 34.2 Å². The average Bonchev–Trinajstić information content (AvgIpc) is 3.23. The van der Waals surface area contributed by atoms with Crippen molar-refractivity contribution in [3.63, 3.8) is 0 Å². The van der Waals surface area contributed by atoms with E-state index < -0.39 is 11.6 Å². The lowest BCUT2D eigenvalue weighted by molar-refractivity contribution is 0.224. The maximum atomic E-state index is 14.0. The molecule has 2 heterocycles. The van der Waals surface area contributed by atoms with Gasteiger partial charge in [-0.15, -0.1) is 0 Å². The number of rotatable bonds is 8. The van der Waals surface area contributed by atoms with Crippen LogP contribution in [0.5, 0.6) is 0 Å². The standard InChI is InChI=1S/C19H21F2N3O/c1-15-6-7-17(25-15)13-24(10-3-9-23-11-8-22-14-23)12-16-4-2-5-18(20)19(16)21/h2,4-8,11,14H,3,9-10,12-13H2,1H3. The summed E-state index contributed by atoms with van der Waals surface area (Å²) in [7, 11) is 0. The molecule has 0 bridgehead atoms. The highest BCUT2D eigenvalue weighted by atomic mass is 19.2. The third kappa shape index (κ3) is 4.76. The molecule has 0 N–H and O–H groups in total. The first kappa shape index (κ1) is 17.4. The normalized spacial score (nSPS) is 11.4. The van der Waals surface area contributed by atoms with E-state index in [0.717, 1.165) is 37.1 Å². The molecule has 0 radical (unpaired) electrons. The van der Waals surface area contributed by atoms with Gasteiger partial charge in [0.15, 0.2) is 11.6 Å². The minimum absolute atomic E-state index is 0.327. The van der Waals surface area contributed by atoms with Crippen molar-refractivity contribution < 1.29 is 13.2 Å². The molecule has 3 aromatic rings. The number of furan rings is 1. The number of hydrogen-bond donors (Lipinski definition) is 0. The Morgan fingerprint density at radius 2 is 2.04 bits per heavy atom. The van der Waals surface area contributed by atoms with E-state index in [4.69, 9.17) is 4.42 Å². The Bertz CT molecular complexity index is 799. The zero-order chi connectivity index (χ0) is 17.6. The summed E-state index contributed by atoms with van der Waals surface area (Å²) in [6.45, 7) is 4.31. The molecule has 3 rings (SSSR count). The van der Waals surface area contributed by atoms with Gasteiger partial charge in [0.05, 0.1) is 12.9 Å². The summed E-state index contributed by atoms with van der Waals surface area (Å²) in [6, 6.07) is 8.11. The molecule has 0 aliphatic heterocycles. The fraction of sp³-hybridized carbons (Fsp3) is 0.316. The number of aryl methyl sites for hydroxylation is 2. The molecule has 0 fully saturated rings. The highest BCUT2D eigenvalue weighted by Gasteiger charge is 2.14. The van der Waals surface area contributed by atoms with Crippen LogP contribution in [0.15, 0.2) is 53.5 Å². The van der Waals surface area contributed by atoms with Crippen molar-refractivity contribution in [1.82, 2.24) is 14.5 Å². The highest BCUT2D eigenvalue weighted by Crippen LogP contribution is 2.17. The Hall–Kier alpha value is -2.47. The maximum Gasteiger partial charge on any atom is 0.163 e. The van der Waals surface area contributed by atoms with Gasteiger partial charge in [-0.3, -0.25) is 4.90 Å². The number of nitrogens with zero attached hydrogens (tertiary/aromatic N) is 3. The third-order valence-electron chi connectivity index (χ3n) is 4.05. The van der Waals surface area contributed by atoms with Gasteiger partial charge >= 0.3 is 0 Å². The van der Waals surface area contributed by atoms with Gasteiger partial charge in [-0.05, 0) is 31.5 Å². The fourth-order valence-electron chi connectivity index (χ4n) is 2.81. The van der Waals surface area contributed by atoms with Crippen molar-refractivity contribution >= 4 is 0 Å². The van der Waals surface area contributed by atoms with Crippen LogP contribution < -0.4 is 0 Å². The lowest BCUT2D eigenvalue weighted by Crippen LogP contribution is -2.25. The molecule has 6 heteroatoms. The van der Waals surface area contributed by atoms with Crippen LogP contribution in [-0.4, -0.2) is 21.0 Å². The quantitative estimate of drug-likeness (QED) is 0.615. The van der Waals surface area contributed by atoms with Crippen LogP contribution in [0.25, 0.3) is 0 Å². The Morgan fingerprint density at radius 1 is 1.16 bits per heavy atom. The number of benzene rings is 1. The van der Waals surface area contributed by atoms with Gasteiger partial charge in [0.2, 0.25) is 0 Å². The van der Waals surface area contributed by atoms with Gasteiger partial charge in [0.1, 0.15) is 11.5 Å². The summed E-state index contributed by atoms with van der Waals surface area (Å²) in [5.41, 5.74) is 0.353. The van der Waals surface area contributed by atoms with E-state index in [1.54, 1.807) is 18.6 Å². The first-order chi connectivity index (χ1) is 12.1. The molecule has 4 nitrogen and oxygen atoms in total. The van der Waals surface area contributed by atoms with Crippen molar-refractivity contribution in [1.29, 1.82) is 0 Å². The summed E-state index contributed by atoms with van der Waals surface area (Å²) in [5, 5.41) is 0. The molecular weight excluding hydrogens is 324 g/mol. The summed E-state index contributed by atoms with van der Waals surface area (Å²) in [6.07, 6.45) is 6.29. The van der Waals surface area contributed by atoms with Gasteiger partial charge in [-0.1, -0.05) is 12.1 Å². The predicted molar refractivity (Wildman–Crippen MR) is 90.8 cm³/mol. The van der Waals surface area contributed by atoms with E-state index in [2.05, 4.69) is 9.88 Å². The highest BCUT2D eigenvalue weighted by molar-refractivity contribution is 5.19. The van der Waals surface area contributed by atoms with E-state index in [0.29, 0.717) is 18.7 Å². The van der Waals surface area contributed by atoms with Crippen molar-refractivity contribution in [2.45, 2.75) is 33.0 Å². The Morgan fingerprint density at radius 3 is 2.76 bits per heavy atom. The van der Waals surface area contributed by atoms with Gasteiger partial charge in [-0.25, -0.2) is 13.8 Å². The number of aromatic nitrogens is 2. The van der Waals surface area contributed by atoms with Crippen LogP contribution >= 0.6 is 0 Å². The van der Waals surface area contributed by atoms with E-state index >= 15 is 0 Å². The minimum atomic E-state index is -0.815. The molecule has 0 amide bonds. The van der Waals surface area contributed by atoms with Crippen LogP contribution in [0.1, 0.15) is 23.5 Å². The van der Waals surface area contributed by atoms with Crippen LogP contribution in [-0.2, 0) is 19.6 Å². The van der Waals surface area contributed by atoms with Crippen LogP contribution in [0.3, 0.4) is 0 Å². The zero-order valence-electron chi connectivity index (χ0n) is 14.2. The number of imidazole rings is 1. The second-order valence-corrected chi connectivity index (χ2v) is 6.09. The van der Waals surface area contributed by atoms with E-state index in [1.165, 1.54) is 6.07 Å². The summed E-state index contributed by atoms with van der Waals surface area (Å²) < 4.78 is 35.1. The first-order valence-corrected chi connectivity index (χ1v) is 8.28. The van der Waals surface area contributed by atoms with Crippen LogP contribution in [0.4, 0.5) is 8.78 Å². The fourth-order valence-corrected chi connectivity index (χ4v) is 2.81. The Balaban J connectivity index is 1.67. The molecule has 0 aliphatic carbocycles. The summed E-state index contributed by atoms with van der Waals surface area (Å²) in [5.74, 6) is 0.0599. The number of halogens is 2. The van der Waals surface area contributed by atoms with Crippen LogP contribution in [0, 0.1) is 18.6 Å². The molecule has 0 atom stereocenters. The second-order valence-electron chi connectivity index (χ2n) is 6.09. The molecular formula is C19H21F2N3O. The first-order valence-electron chi connectivity index (χ1n) is 8.28. The lowest BCUT2D eigenvalue weighted by atomic mass is 10.2. The van der Waals surface area contributed by atoms with E-state index in [1.807, 2.05) is 29.8 Å². The number of hydrogen-bond acceptors (Lipinski definition) is 3. The van der Waals surface area contributed by atoms with Gasteiger partial charge in [0.25, 0.3) is 0 Å². The molecule has 0 unspecified atom stereocenters. The zero-order valence-corrected chi connectivity index (χ0v) is 14.2. The molecule has 1 aromatic carbocycles. The van der Waals surface area contributed by atoms with Gasteiger partial charge in [-0.2, -0.15) is 0 Å². The van der Waals surface area contributed by atoms with E-state index in [9.17, 15) is 8.78 Å². The molecule has 0 saturated carbocycles. The van der Waals surface area contributed by atoms with Crippen molar-refractivity contribution in [2.24, 2.45) is 0 Å². The molecule has 25 heavy (non-hydrogen) atoms. The summed E-state index contributed by atoms with van der Waals surface area (Å²) >= 11 is 0. The molecule has 0 saturated heterocycles. The minimum Gasteiger partial charge on any atom is -0.465 e. The largest absolute Gasteiger partial charge is 0.465 e. The molecule has 2 aromatic heterocycles. The van der Waals surface area contributed by atoms with Crippen molar-refractivity contribution in [2.75, 3.05) is 6.54 Å². The van der Waals surface area contributed by atoms with Crippen LogP contribution in [0.2, 0.25) is 0 Å². The van der Waals surface area contributed by atoms with E-state index in [-0.39, 0.29) is 0 Å². The van der Waals surface area contributed by atoms with Crippen molar-refractivity contribution in [3.8, 4) is 0 Å². The predicted octanol–water partition coefficient (Wildman–Crippen LogP) is 4.16. The second kappa shape index (κ2) is 8.07. The summed E-state index contributed by atoms with van der Waals surface area (Å²) in [4.78, 5) is 6.09. The van der Waals surface area contributed by atoms with Gasteiger partial charge in [0, 0.05) is 37.6 Å². The average molecular weight is 345 g/mol. The smallest absolute Gasteiger partial charge is 0.163 e. The maximum absolute atomic E-state index is 14.0. The molecule has 132 valence electrons. The van der Waals surface area contributed by atoms with Crippen molar-refractivity contribution in [3.05, 3.63) is 77.8 Å². The Kier molecular flexibility index (Phi) is 5.60. The molecule has 0 aliphatic rings. The van der Waals surface area contributed by atoms with Gasteiger partial charge < -0.3 is 8.98 Å². The molecule has 0 spiro atoms. The monoisotopic (exact) mass is 345 g/mol. The third-order valence-corrected chi connectivity index (χ3v) is 4.05. The SMILES string of the molecule is Cc1ccc(CN(CCCn2ccnc2)Cc2cccc(F)c2F)o1. The lowest BCUT2D eigenvalue weighted by Gasteiger charge is -2.22.